The molecule has 1 aromatic rings. The van der Waals surface area contributed by atoms with Crippen LogP contribution in [0, 0.1) is 16.5 Å². The van der Waals surface area contributed by atoms with Gasteiger partial charge >= 0.3 is 5.97 Å². The summed E-state index contributed by atoms with van der Waals surface area (Å²) < 4.78 is 30.0. The van der Waals surface area contributed by atoms with Crippen LogP contribution in [0.3, 0.4) is 0 Å². The molecule has 0 saturated carbocycles. The molecule has 0 aliphatic rings. The van der Waals surface area contributed by atoms with E-state index in [1.165, 1.54) is 0 Å². The zero-order valence-electron chi connectivity index (χ0n) is 7.08. The third-order valence-corrected chi connectivity index (χ3v) is 1.54. The van der Waals surface area contributed by atoms with Gasteiger partial charge in [0.2, 0.25) is 0 Å². The fraction of sp³-hybridized carbons (Fsp3) is 0.125. The van der Waals surface area contributed by atoms with Crippen LogP contribution in [0.1, 0.15) is 10.4 Å². The molecule has 0 fully saturated rings. The minimum atomic E-state index is -1.07. The second kappa shape index (κ2) is 3.91. The molecule has 0 N–H and O–H groups in total. The second-order valence-corrected chi connectivity index (χ2v) is 2.37. The molecule has 74 valence electrons. The average molecular weight is 201 g/mol. The van der Waals surface area contributed by atoms with Crippen molar-refractivity contribution in [1.82, 2.24) is 0 Å². The van der Waals surface area contributed by atoms with Gasteiger partial charge in [-0.3, -0.25) is 0 Å². The molecule has 0 bridgehead atoms. The van der Waals surface area contributed by atoms with Gasteiger partial charge in [0.15, 0.2) is 5.82 Å². The Kier molecular flexibility index (Phi) is 2.85. The molecule has 0 saturated heterocycles. The zero-order chi connectivity index (χ0) is 10.7. The fourth-order valence-corrected chi connectivity index (χ4v) is 0.873. The monoisotopic (exact) mass is 201 g/mol. The van der Waals surface area contributed by atoms with Gasteiger partial charge in [-0.2, -0.15) is 0 Å². The van der Waals surface area contributed by atoms with Crippen LogP contribution in [0.5, 0.6) is 0 Å². The van der Waals surface area contributed by atoms with E-state index in [0.29, 0.717) is 12.1 Å². The third kappa shape index (κ3) is 1.73. The minimum absolute atomic E-state index is 0.536. The SMILES string of the molecule is COC(=O)c1cc(F)c(N=O)cc1F. The van der Waals surface area contributed by atoms with Gasteiger partial charge in [-0.25, -0.2) is 13.6 Å². The largest absolute Gasteiger partial charge is 0.465 e. The van der Waals surface area contributed by atoms with Crippen molar-refractivity contribution in [3.05, 3.63) is 34.2 Å². The lowest BCUT2D eigenvalue weighted by Crippen LogP contribution is -2.04. The van der Waals surface area contributed by atoms with Gasteiger partial charge in [0, 0.05) is 6.07 Å². The highest BCUT2D eigenvalue weighted by Crippen LogP contribution is 2.22. The second-order valence-electron chi connectivity index (χ2n) is 2.37. The first-order valence-electron chi connectivity index (χ1n) is 3.51. The summed E-state index contributed by atoms with van der Waals surface area (Å²) in [6.07, 6.45) is 0. The van der Waals surface area contributed by atoms with Gasteiger partial charge in [-0.15, -0.1) is 4.91 Å². The van der Waals surface area contributed by atoms with E-state index in [9.17, 15) is 18.5 Å². The van der Waals surface area contributed by atoms with Gasteiger partial charge in [0.1, 0.15) is 11.5 Å². The molecule has 1 aromatic carbocycles. The maximum Gasteiger partial charge on any atom is 0.340 e. The lowest BCUT2D eigenvalue weighted by molar-refractivity contribution is 0.0595. The molecule has 0 spiro atoms. The average Bonchev–Trinajstić information content (AvgIpc) is 2.19. The van der Waals surface area contributed by atoms with Crippen LogP contribution in [0.15, 0.2) is 17.3 Å². The number of esters is 1. The summed E-state index contributed by atoms with van der Waals surface area (Å²) in [7, 11) is 1.03. The molecule has 14 heavy (non-hydrogen) atoms. The number of halogens is 2. The van der Waals surface area contributed by atoms with Crippen molar-refractivity contribution in [3.63, 3.8) is 0 Å². The number of nitrogens with zero attached hydrogens (tertiary/aromatic N) is 1. The number of ether oxygens (including phenoxy) is 1. The molecule has 0 unspecified atom stereocenters. The lowest BCUT2D eigenvalue weighted by atomic mass is 10.2. The highest BCUT2D eigenvalue weighted by Gasteiger charge is 2.16. The minimum Gasteiger partial charge on any atom is -0.465 e. The number of carbonyl (C=O) groups excluding carboxylic acids is 1. The molecular formula is C8H5F2NO3. The molecule has 0 amide bonds. The molecule has 0 heterocycles. The summed E-state index contributed by atoms with van der Waals surface area (Å²) in [6, 6.07) is 1.10. The van der Waals surface area contributed by atoms with Crippen molar-refractivity contribution in [2.45, 2.75) is 0 Å². The number of rotatable bonds is 2. The number of methoxy groups -OCH3 is 1. The summed E-state index contributed by atoms with van der Waals surface area (Å²) in [4.78, 5) is 20.8. The Morgan fingerprint density at radius 2 is 2.00 bits per heavy atom. The topological polar surface area (TPSA) is 55.7 Å². The molecule has 0 aliphatic carbocycles. The molecule has 4 nitrogen and oxygen atoms in total. The quantitative estimate of drug-likeness (QED) is 0.544. The van der Waals surface area contributed by atoms with Crippen LogP contribution in [-0.2, 0) is 4.74 Å². The van der Waals surface area contributed by atoms with E-state index < -0.39 is 28.9 Å². The fourth-order valence-electron chi connectivity index (χ4n) is 0.873. The molecule has 0 atom stereocenters. The predicted octanol–water partition coefficient (Wildman–Crippen LogP) is 2.15. The van der Waals surface area contributed by atoms with Crippen molar-refractivity contribution in [2.24, 2.45) is 5.18 Å². The van der Waals surface area contributed by atoms with E-state index in [-0.39, 0.29) is 0 Å². The van der Waals surface area contributed by atoms with Gasteiger partial charge in [0.05, 0.1) is 12.7 Å². The van der Waals surface area contributed by atoms with E-state index in [4.69, 9.17) is 0 Å². The Bertz CT molecular complexity index is 392. The zero-order valence-corrected chi connectivity index (χ0v) is 7.08. The van der Waals surface area contributed by atoms with Crippen LogP contribution in [-0.4, -0.2) is 13.1 Å². The highest BCUT2D eigenvalue weighted by molar-refractivity contribution is 5.90. The van der Waals surface area contributed by atoms with Crippen molar-refractivity contribution < 1.29 is 18.3 Å². The van der Waals surface area contributed by atoms with E-state index >= 15 is 0 Å². The van der Waals surface area contributed by atoms with Crippen molar-refractivity contribution >= 4 is 11.7 Å². The summed E-state index contributed by atoms with van der Waals surface area (Å²) in [5.41, 5.74) is -1.26. The molecule has 1 rings (SSSR count). The first-order chi connectivity index (χ1) is 6.60. The third-order valence-electron chi connectivity index (χ3n) is 1.54. The Morgan fingerprint density at radius 1 is 1.36 bits per heavy atom. The van der Waals surface area contributed by atoms with E-state index in [2.05, 4.69) is 9.91 Å². The molecule has 6 heteroatoms. The lowest BCUT2D eigenvalue weighted by Gasteiger charge is -2.01. The van der Waals surface area contributed by atoms with Crippen molar-refractivity contribution in [3.8, 4) is 0 Å². The number of hydrogen-bond acceptors (Lipinski definition) is 4. The van der Waals surface area contributed by atoms with Gasteiger partial charge < -0.3 is 4.74 Å². The van der Waals surface area contributed by atoms with Crippen LogP contribution < -0.4 is 0 Å². The molecule has 0 aromatic heterocycles. The van der Waals surface area contributed by atoms with Crippen LogP contribution in [0.25, 0.3) is 0 Å². The molecule has 0 aliphatic heterocycles. The Labute approximate surface area is 77.5 Å². The standard InChI is InChI=1S/C8H5F2NO3/c1-14-8(12)4-2-6(10)7(11-13)3-5(4)9/h2-3H,1H3. The smallest absolute Gasteiger partial charge is 0.340 e. The maximum absolute atomic E-state index is 13.0. The molecular weight excluding hydrogens is 196 g/mol. The van der Waals surface area contributed by atoms with Crippen molar-refractivity contribution in [1.29, 1.82) is 0 Å². The number of benzene rings is 1. The Morgan fingerprint density at radius 3 is 2.50 bits per heavy atom. The Hall–Kier alpha value is -1.85. The summed E-state index contributed by atoms with van der Waals surface area (Å²) in [5, 5.41) is 2.24. The predicted molar refractivity (Wildman–Crippen MR) is 43.2 cm³/mol. The van der Waals surface area contributed by atoms with Gasteiger partial charge in [-0.05, 0) is 11.2 Å². The van der Waals surface area contributed by atoms with Gasteiger partial charge in [-0.1, -0.05) is 0 Å². The van der Waals surface area contributed by atoms with E-state index in [0.717, 1.165) is 7.11 Å². The number of carbonyl (C=O) groups is 1. The van der Waals surface area contributed by atoms with Gasteiger partial charge in [0.25, 0.3) is 0 Å². The van der Waals surface area contributed by atoms with Crippen LogP contribution in [0.2, 0.25) is 0 Å². The van der Waals surface area contributed by atoms with E-state index in [1.54, 1.807) is 0 Å². The number of nitroso groups, excluding NO2 is 1. The first kappa shape index (κ1) is 10.2. The van der Waals surface area contributed by atoms with Crippen molar-refractivity contribution in [2.75, 3.05) is 7.11 Å². The Balaban J connectivity index is 3.28. The van der Waals surface area contributed by atoms with Crippen LogP contribution in [0.4, 0.5) is 14.5 Å². The summed E-state index contributed by atoms with van der Waals surface area (Å²) in [5.74, 6) is -3.13. The first-order valence-corrected chi connectivity index (χ1v) is 3.51. The number of hydrogen-bond donors (Lipinski definition) is 0. The molecule has 0 radical (unpaired) electrons. The van der Waals surface area contributed by atoms with E-state index in [1.807, 2.05) is 0 Å². The summed E-state index contributed by atoms with van der Waals surface area (Å²) >= 11 is 0. The summed E-state index contributed by atoms with van der Waals surface area (Å²) in [6.45, 7) is 0. The van der Waals surface area contributed by atoms with Crippen LogP contribution >= 0.6 is 0 Å². The highest BCUT2D eigenvalue weighted by atomic mass is 19.1. The maximum atomic E-state index is 13.0. The normalized spacial score (nSPS) is 9.64.